The summed E-state index contributed by atoms with van der Waals surface area (Å²) in [4.78, 5) is 6.89. The highest BCUT2D eigenvalue weighted by Gasteiger charge is 2.14. The maximum atomic E-state index is 5.48. The van der Waals surface area contributed by atoms with Gasteiger partial charge in [-0.3, -0.25) is 0 Å². The van der Waals surface area contributed by atoms with Crippen LogP contribution in [0, 0.1) is 0 Å². The first-order valence-corrected chi connectivity index (χ1v) is 8.39. The third kappa shape index (κ3) is 5.51. The van der Waals surface area contributed by atoms with Gasteiger partial charge in [-0.2, -0.15) is 0 Å². The number of rotatable bonds is 9. The van der Waals surface area contributed by atoms with E-state index in [2.05, 4.69) is 31.1 Å². The highest BCUT2D eigenvalue weighted by molar-refractivity contribution is 5.79. The fourth-order valence-corrected chi connectivity index (χ4v) is 2.36. The van der Waals surface area contributed by atoms with Gasteiger partial charge in [0, 0.05) is 32.3 Å². The molecule has 0 spiro atoms. The van der Waals surface area contributed by atoms with Crippen molar-refractivity contribution < 1.29 is 14.2 Å². The van der Waals surface area contributed by atoms with Gasteiger partial charge in [0.2, 0.25) is 0 Å². The molecule has 0 radical (unpaired) electrons. The van der Waals surface area contributed by atoms with Gasteiger partial charge in [0.25, 0.3) is 0 Å². The Hall–Kier alpha value is -2.11. The SMILES string of the molecule is CCCCN(C)C(=NCc1c(OC)cc(OC)cc1OC)NCC. The topological polar surface area (TPSA) is 55.3 Å². The van der Waals surface area contributed by atoms with Gasteiger partial charge >= 0.3 is 0 Å². The van der Waals surface area contributed by atoms with Crippen molar-refractivity contribution in [3.63, 3.8) is 0 Å². The van der Waals surface area contributed by atoms with E-state index in [4.69, 9.17) is 19.2 Å². The van der Waals surface area contributed by atoms with Crippen LogP contribution in [-0.2, 0) is 6.54 Å². The van der Waals surface area contributed by atoms with Crippen molar-refractivity contribution in [3.8, 4) is 17.2 Å². The molecule has 6 nitrogen and oxygen atoms in total. The predicted molar refractivity (Wildman–Crippen MR) is 98.5 cm³/mol. The molecular weight excluding hydrogens is 306 g/mol. The van der Waals surface area contributed by atoms with E-state index in [0.29, 0.717) is 23.8 Å². The third-order valence-electron chi connectivity index (χ3n) is 3.75. The van der Waals surface area contributed by atoms with Gasteiger partial charge in [-0.05, 0) is 13.3 Å². The molecule has 0 aliphatic rings. The van der Waals surface area contributed by atoms with Crippen molar-refractivity contribution in [3.05, 3.63) is 17.7 Å². The van der Waals surface area contributed by atoms with Gasteiger partial charge in [-0.1, -0.05) is 13.3 Å². The van der Waals surface area contributed by atoms with Crippen LogP contribution in [0.25, 0.3) is 0 Å². The average Bonchev–Trinajstić information content (AvgIpc) is 2.62. The Morgan fingerprint density at radius 2 is 1.71 bits per heavy atom. The van der Waals surface area contributed by atoms with Crippen molar-refractivity contribution in [1.82, 2.24) is 10.2 Å². The fraction of sp³-hybridized carbons (Fsp3) is 0.611. The summed E-state index contributed by atoms with van der Waals surface area (Å²) >= 11 is 0. The zero-order valence-electron chi connectivity index (χ0n) is 15.8. The number of unbranched alkanes of at least 4 members (excludes halogenated alkanes) is 1. The Bertz CT molecular complexity index is 507. The van der Waals surface area contributed by atoms with Crippen LogP contribution >= 0.6 is 0 Å². The second kappa shape index (κ2) is 10.6. The van der Waals surface area contributed by atoms with Crippen molar-refractivity contribution in [2.24, 2.45) is 4.99 Å². The molecule has 1 aromatic rings. The summed E-state index contributed by atoms with van der Waals surface area (Å²) in [7, 11) is 6.96. The molecule has 136 valence electrons. The number of nitrogens with one attached hydrogen (secondary N) is 1. The van der Waals surface area contributed by atoms with Crippen LogP contribution in [0.15, 0.2) is 17.1 Å². The predicted octanol–water partition coefficient (Wildman–Crippen LogP) is 2.91. The molecule has 1 rings (SSSR count). The summed E-state index contributed by atoms with van der Waals surface area (Å²) in [6.45, 7) is 6.52. The first-order valence-electron chi connectivity index (χ1n) is 8.39. The van der Waals surface area contributed by atoms with Gasteiger partial charge in [0.05, 0.1) is 33.4 Å². The Labute approximate surface area is 145 Å². The number of benzene rings is 1. The van der Waals surface area contributed by atoms with E-state index in [0.717, 1.165) is 37.5 Å². The molecule has 1 aromatic carbocycles. The first-order chi connectivity index (χ1) is 11.6. The Balaban J connectivity index is 3.07. The molecule has 0 heterocycles. The molecule has 0 aliphatic heterocycles. The largest absolute Gasteiger partial charge is 0.496 e. The molecule has 1 N–H and O–H groups in total. The number of hydrogen-bond donors (Lipinski definition) is 1. The Morgan fingerprint density at radius 1 is 1.08 bits per heavy atom. The minimum Gasteiger partial charge on any atom is -0.496 e. The monoisotopic (exact) mass is 337 g/mol. The van der Waals surface area contributed by atoms with Gasteiger partial charge < -0.3 is 24.4 Å². The molecule has 0 atom stereocenters. The van der Waals surface area contributed by atoms with E-state index in [1.54, 1.807) is 21.3 Å². The highest BCUT2D eigenvalue weighted by atomic mass is 16.5. The lowest BCUT2D eigenvalue weighted by atomic mass is 10.1. The number of methoxy groups -OCH3 is 3. The molecule has 0 aromatic heterocycles. The molecule has 0 bridgehead atoms. The van der Waals surface area contributed by atoms with Crippen LogP contribution < -0.4 is 19.5 Å². The van der Waals surface area contributed by atoms with Gasteiger partial charge in [0.15, 0.2) is 5.96 Å². The van der Waals surface area contributed by atoms with E-state index in [-0.39, 0.29) is 0 Å². The summed E-state index contributed by atoms with van der Waals surface area (Å²) in [5.74, 6) is 3.00. The molecule has 0 saturated heterocycles. The quantitative estimate of drug-likeness (QED) is 0.555. The van der Waals surface area contributed by atoms with Crippen LogP contribution in [0.5, 0.6) is 17.2 Å². The summed E-state index contributed by atoms with van der Waals surface area (Å²) in [6.07, 6.45) is 2.29. The Morgan fingerprint density at radius 3 is 2.17 bits per heavy atom. The van der Waals surface area contributed by atoms with E-state index in [9.17, 15) is 0 Å². The number of nitrogens with zero attached hydrogens (tertiary/aromatic N) is 2. The van der Waals surface area contributed by atoms with Crippen molar-refractivity contribution in [2.75, 3.05) is 41.5 Å². The summed E-state index contributed by atoms with van der Waals surface area (Å²) in [5, 5.41) is 3.33. The lowest BCUT2D eigenvalue weighted by molar-refractivity contribution is 0.368. The van der Waals surface area contributed by atoms with Crippen LogP contribution in [0.1, 0.15) is 32.3 Å². The standard InChI is InChI=1S/C18H31N3O3/c1-7-9-10-21(3)18(19-8-2)20-13-15-16(23-5)11-14(22-4)12-17(15)24-6/h11-12H,7-10,13H2,1-6H3,(H,19,20). The molecule has 0 aliphatic carbocycles. The minimum absolute atomic E-state index is 0.467. The highest BCUT2D eigenvalue weighted by Crippen LogP contribution is 2.34. The molecule has 0 saturated carbocycles. The van der Waals surface area contributed by atoms with E-state index in [1.807, 2.05) is 12.1 Å². The first kappa shape index (κ1) is 19.9. The zero-order chi connectivity index (χ0) is 17.9. The van der Waals surface area contributed by atoms with Crippen LogP contribution in [0.4, 0.5) is 0 Å². The third-order valence-corrected chi connectivity index (χ3v) is 3.75. The van der Waals surface area contributed by atoms with Crippen LogP contribution in [0.3, 0.4) is 0 Å². The summed E-state index contributed by atoms with van der Waals surface area (Å²) < 4.78 is 16.3. The molecule has 6 heteroatoms. The van der Waals surface area contributed by atoms with Gasteiger partial charge in [-0.15, -0.1) is 0 Å². The van der Waals surface area contributed by atoms with Crippen LogP contribution in [-0.4, -0.2) is 52.3 Å². The number of aliphatic imine (C=N–C) groups is 1. The van der Waals surface area contributed by atoms with E-state index >= 15 is 0 Å². The van der Waals surface area contributed by atoms with Gasteiger partial charge in [-0.25, -0.2) is 4.99 Å². The molecule has 0 amide bonds. The van der Waals surface area contributed by atoms with Crippen LogP contribution in [0.2, 0.25) is 0 Å². The van der Waals surface area contributed by atoms with Crippen molar-refractivity contribution in [1.29, 1.82) is 0 Å². The maximum absolute atomic E-state index is 5.48. The molecule has 0 fully saturated rings. The average molecular weight is 337 g/mol. The van der Waals surface area contributed by atoms with Crippen molar-refractivity contribution in [2.45, 2.75) is 33.2 Å². The smallest absolute Gasteiger partial charge is 0.193 e. The maximum Gasteiger partial charge on any atom is 0.193 e. The number of guanidine groups is 1. The Kier molecular flexibility index (Phi) is 8.83. The van der Waals surface area contributed by atoms with Crippen molar-refractivity contribution >= 4 is 5.96 Å². The van der Waals surface area contributed by atoms with E-state index < -0.39 is 0 Å². The summed E-state index contributed by atoms with van der Waals surface area (Å²) in [5.41, 5.74) is 0.903. The normalized spacial score (nSPS) is 11.2. The zero-order valence-corrected chi connectivity index (χ0v) is 15.8. The second-order valence-corrected chi connectivity index (χ2v) is 5.46. The summed E-state index contributed by atoms with van der Waals surface area (Å²) in [6, 6.07) is 3.70. The lowest BCUT2D eigenvalue weighted by Crippen LogP contribution is -2.39. The van der Waals surface area contributed by atoms with Gasteiger partial charge in [0.1, 0.15) is 17.2 Å². The molecule has 0 unspecified atom stereocenters. The number of ether oxygens (including phenoxy) is 3. The van der Waals surface area contributed by atoms with E-state index in [1.165, 1.54) is 0 Å². The molecular formula is C18H31N3O3. The fourth-order valence-electron chi connectivity index (χ4n) is 2.36. The second-order valence-electron chi connectivity index (χ2n) is 5.46. The number of hydrogen-bond acceptors (Lipinski definition) is 4. The lowest BCUT2D eigenvalue weighted by Gasteiger charge is -2.22. The minimum atomic E-state index is 0.467. The molecule has 24 heavy (non-hydrogen) atoms.